The Hall–Kier alpha value is -0.680. The molecule has 3 nitrogen and oxygen atoms in total. The highest BCUT2D eigenvalue weighted by atomic mass is 79.9. The van der Waals surface area contributed by atoms with Gasteiger partial charge in [0.1, 0.15) is 0 Å². The van der Waals surface area contributed by atoms with Crippen molar-refractivity contribution in [2.24, 2.45) is 0 Å². The quantitative estimate of drug-likeness (QED) is 0.842. The number of carboxylic acids is 1. The van der Waals surface area contributed by atoms with E-state index in [-0.39, 0.29) is 12.2 Å². The molecule has 0 aliphatic heterocycles. The van der Waals surface area contributed by atoms with Gasteiger partial charge in [0.05, 0.1) is 4.88 Å². The van der Waals surface area contributed by atoms with E-state index < -0.39 is 5.97 Å². The minimum atomic E-state index is -0.858. The molecule has 0 fully saturated rings. The molecule has 0 unspecified atom stereocenters. The van der Waals surface area contributed by atoms with Gasteiger partial charge in [-0.3, -0.25) is 9.59 Å². The van der Waals surface area contributed by atoms with Gasteiger partial charge in [0.15, 0.2) is 5.78 Å². The molecule has 0 amide bonds. The third kappa shape index (κ3) is 3.23. The van der Waals surface area contributed by atoms with Gasteiger partial charge in [-0.25, -0.2) is 0 Å². The molecule has 1 aromatic rings. The van der Waals surface area contributed by atoms with Crippen LogP contribution < -0.4 is 0 Å². The number of hydrogen-bond donors (Lipinski definition) is 1. The lowest BCUT2D eigenvalue weighted by Crippen LogP contribution is -2.00. The summed E-state index contributed by atoms with van der Waals surface area (Å²) in [6.45, 7) is 0. The van der Waals surface area contributed by atoms with Crippen LogP contribution in [0.1, 0.15) is 28.9 Å². The topological polar surface area (TPSA) is 54.4 Å². The smallest absolute Gasteiger partial charge is 0.303 e. The van der Waals surface area contributed by atoms with E-state index in [1.807, 2.05) is 11.4 Å². The molecule has 0 aromatic carbocycles. The number of carboxylic acid groups (broad SMARTS) is 1. The maximum absolute atomic E-state index is 11.5. The van der Waals surface area contributed by atoms with Crippen molar-refractivity contribution in [2.75, 3.05) is 0 Å². The number of rotatable bonds is 5. The lowest BCUT2D eigenvalue weighted by Gasteiger charge is -1.96. The fourth-order valence-electron chi connectivity index (χ4n) is 1.01. The standard InChI is InChI=1S/C9H9BrO3S/c10-6-4-5-14-9(6)7(11)2-1-3-8(12)13/h4-5H,1-3H2,(H,12,13). The van der Waals surface area contributed by atoms with Gasteiger partial charge >= 0.3 is 5.97 Å². The maximum atomic E-state index is 11.5. The minimum Gasteiger partial charge on any atom is -0.481 e. The first-order valence-corrected chi connectivity index (χ1v) is 5.76. The summed E-state index contributed by atoms with van der Waals surface area (Å²) in [4.78, 5) is 22.4. The predicted octanol–water partition coefficient (Wildman–Crippen LogP) is 2.95. The first-order valence-electron chi connectivity index (χ1n) is 4.09. The van der Waals surface area contributed by atoms with Gasteiger partial charge in [-0.15, -0.1) is 11.3 Å². The lowest BCUT2D eigenvalue weighted by molar-refractivity contribution is -0.137. The molecule has 0 saturated heterocycles. The monoisotopic (exact) mass is 276 g/mol. The highest BCUT2D eigenvalue weighted by Crippen LogP contribution is 2.24. The Bertz CT molecular complexity index is 346. The van der Waals surface area contributed by atoms with Crippen LogP contribution in [-0.2, 0) is 4.79 Å². The van der Waals surface area contributed by atoms with Gasteiger partial charge in [0.2, 0.25) is 0 Å². The number of ketones is 1. The first kappa shape index (κ1) is 11.4. The Balaban J connectivity index is 2.44. The number of halogens is 1. The molecule has 76 valence electrons. The van der Waals surface area contributed by atoms with Crippen LogP contribution >= 0.6 is 27.3 Å². The van der Waals surface area contributed by atoms with E-state index in [1.165, 1.54) is 11.3 Å². The van der Waals surface area contributed by atoms with Crippen molar-refractivity contribution in [3.05, 3.63) is 20.8 Å². The number of Topliss-reactive ketones (excluding diaryl/α,β-unsaturated/α-hetero) is 1. The van der Waals surface area contributed by atoms with Crippen molar-refractivity contribution in [2.45, 2.75) is 19.3 Å². The van der Waals surface area contributed by atoms with E-state index in [2.05, 4.69) is 15.9 Å². The number of hydrogen-bond acceptors (Lipinski definition) is 3. The summed E-state index contributed by atoms with van der Waals surface area (Å²) < 4.78 is 0.794. The molecule has 14 heavy (non-hydrogen) atoms. The molecule has 0 aliphatic carbocycles. The van der Waals surface area contributed by atoms with Gasteiger partial charge in [-0.05, 0) is 33.8 Å². The number of carbonyl (C=O) groups is 2. The second-order valence-corrected chi connectivity index (χ2v) is 4.54. The Kier molecular flexibility index (Phi) is 4.28. The van der Waals surface area contributed by atoms with E-state index in [0.717, 1.165) is 4.47 Å². The third-order valence-corrected chi connectivity index (χ3v) is 3.54. The van der Waals surface area contributed by atoms with Crippen LogP contribution in [0.25, 0.3) is 0 Å². The summed E-state index contributed by atoms with van der Waals surface area (Å²) in [6.07, 6.45) is 0.749. The summed E-state index contributed by atoms with van der Waals surface area (Å²) in [5, 5.41) is 10.2. The second kappa shape index (κ2) is 5.26. The average Bonchev–Trinajstić information content (AvgIpc) is 2.50. The maximum Gasteiger partial charge on any atom is 0.303 e. The van der Waals surface area contributed by atoms with Crippen molar-refractivity contribution in [1.29, 1.82) is 0 Å². The van der Waals surface area contributed by atoms with Crippen LogP contribution in [0.15, 0.2) is 15.9 Å². The molecule has 0 bridgehead atoms. The van der Waals surface area contributed by atoms with E-state index in [4.69, 9.17) is 5.11 Å². The minimum absolute atomic E-state index is 0.00752. The highest BCUT2D eigenvalue weighted by molar-refractivity contribution is 9.10. The molecular formula is C9H9BrO3S. The molecule has 0 spiro atoms. The molecule has 1 N–H and O–H groups in total. The van der Waals surface area contributed by atoms with Gasteiger partial charge in [0.25, 0.3) is 0 Å². The molecule has 1 heterocycles. The fraction of sp³-hybridized carbons (Fsp3) is 0.333. The van der Waals surface area contributed by atoms with Crippen molar-refractivity contribution in [3.63, 3.8) is 0 Å². The zero-order chi connectivity index (χ0) is 10.6. The molecule has 0 saturated carbocycles. The van der Waals surface area contributed by atoms with E-state index in [1.54, 1.807) is 0 Å². The third-order valence-electron chi connectivity index (χ3n) is 1.66. The Labute approximate surface area is 93.9 Å². The van der Waals surface area contributed by atoms with Crippen LogP contribution in [0.5, 0.6) is 0 Å². The molecule has 0 atom stereocenters. The van der Waals surface area contributed by atoms with Crippen molar-refractivity contribution >= 4 is 39.0 Å². The van der Waals surface area contributed by atoms with Crippen LogP contribution in [0, 0.1) is 0 Å². The average molecular weight is 277 g/mol. The zero-order valence-electron chi connectivity index (χ0n) is 7.33. The summed E-state index contributed by atoms with van der Waals surface area (Å²) in [6, 6.07) is 1.81. The van der Waals surface area contributed by atoms with Crippen molar-refractivity contribution < 1.29 is 14.7 Å². The molecule has 5 heteroatoms. The van der Waals surface area contributed by atoms with E-state index in [0.29, 0.717) is 17.7 Å². The van der Waals surface area contributed by atoms with Crippen LogP contribution in [0.3, 0.4) is 0 Å². The van der Waals surface area contributed by atoms with Crippen LogP contribution in [-0.4, -0.2) is 16.9 Å². The van der Waals surface area contributed by atoms with Crippen LogP contribution in [0.2, 0.25) is 0 Å². The second-order valence-electron chi connectivity index (χ2n) is 2.77. The van der Waals surface area contributed by atoms with E-state index >= 15 is 0 Å². The predicted molar refractivity (Wildman–Crippen MR) is 57.8 cm³/mol. The zero-order valence-corrected chi connectivity index (χ0v) is 9.73. The molecular weight excluding hydrogens is 268 g/mol. The van der Waals surface area contributed by atoms with Crippen LogP contribution in [0.4, 0.5) is 0 Å². The highest BCUT2D eigenvalue weighted by Gasteiger charge is 2.11. The van der Waals surface area contributed by atoms with Gasteiger partial charge in [0, 0.05) is 17.3 Å². The molecule has 0 aliphatic rings. The number of thiophene rings is 1. The van der Waals surface area contributed by atoms with Crippen molar-refractivity contribution in [1.82, 2.24) is 0 Å². The number of carbonyl (C=O) groups excluding carboxylic acids is 1. The van der Waals surface area contributed by atoms with E-state index in [9.17, 15) is 9.59 Å². The van der Waals surface area contributed by atoms with Gasteiger partial charge < -0.3 is 5.11 Å². The summed E-state index contributed by atoms with van der Waals surface area (Å²) in [5.74, 6) is -0.851. The van der Waals surface area contributed by atoms with Gasteiger partial charge in [-0.1, -0.05) is 0 Å². The summed E-state index contributed by atoms with van der Waals surface area (Å²) >= 11 is 4.63. The lowest BCUT2D eigenvalue weighted by atomic mass is 10.1. The summed E-state index contributed by atoms with van der Waals surface area (Å²) in [5.41, 5.74) is 0. The summed E-state index contributed by atoms with van der Waals surface area (Å²) in [7, 11) is 0. The normalized spacial score (nSPS) is 10.1. The SMILES string of the molecule is O=C(O)CCCC(=O)c1sccc1Br. The molecule has 0 radical (unpaired) electrons. The Morgan fingerprint density at radius 2 is 2.14 bits per heavy atom. The van der Waals surface area contributed by atoms with Crippen molar-refractivity contribution in [3.8, 4) is 0 Å². The first-order chi connectivity index (χ1) is 6.61. The Morgan fingerprint density at radius 1 is 1.43 bits per heavy atom. The Morgan fingerprint density at radius 3 is 2.64 bits per heavy atom. The number of aliphatic carboxylic acids is 1. The largest absolute Gasteiger partial charge is 0.481 e. The fourth-order valence-corrected chi connectivity index (χ4v) is 2.57. The molecule has 1 rings (SSSR count). The molecule has 1 aromatic heterocycles. The van der Waals surface area contributed by atoms with Gasteiger partial charge in [-0.2, -0.15) is 0 Å².